The molecule has 146 valence electrons. The lowest BCUT2D eigenvalue weighted by molar-refractivity contribution is 0.796. The highest BCUT2D eigenvalue weighted by Crippen LogP contribution is 2.71. The van der Waals surface area contributed by atoms with Crippen LogP contribution in [0.1, 0.15) is 18.9 Å². The first kappa shape index (κ1) is 19.5. The van der Waals surface area contributed by atoms with Crippen LogP contribution < -0.4 is 0 Å². The average molecular weight is 397 g/mol. The van der Waals surface area contributed by atoms with Gasteiger partial charge in [0.05, 0.1) is 0 Å². The number of benzene rings is 4. The van der Waals surface area contributed by atoms with Crippen molar-refractivity contribution in [1.29, 1.82) is 0 Å². The number of hydrogen-bond donors (Lipinski definition) is 0. The van der Waals surface area contributed by atoms with Crippen LogP contribution in [0.3, 0.4) is 0 Å². The molecule has 0 aliphatic carbocycles. The Morgan fingerprint density at radius 1 is 0.517 bits per heavy atom. The van der Waals surface area contributed by atoms with Gasteiger partial charge in [0, 0.05) is 0 Å². The summed E-state index contributed by atoms with van der Waals surface area (Å²) in [5, 5.41) is 0.509. The average Bonchev–Trinajstić information content (AvgIpc) is 2.81. The second-order valence-corrected chi connectivity index (χ2v) is 11.0. The van der Waals surface area contributed by atoms with Gasteiger partial charge in [0.25, 0.3) is 0 Å². The van der Waals surface area contributed by atoms with E-state index in [2.05, 4.69) is 128 Å². The largest absolute Gasteiger partial charge is 0.158 e. The van der Waals surface area contributed by atoms with Crippen LogP contribution in [0.5, 0.6) is 0 Å². The Hall–Kier alpha value is -2.77. The second-order valence-electron chi connectivity index (χ2n) is 7.43. The van der Waals surface area contributed by atoms with Crippen LogP contribution in [0.15, 0.2) is 136 Å². The quantitative estimate of drug-likeness (QED) is 0.297. The van der Waals surface area contributed by atoms with Gasteiger partial charge in [0.1, 0.15) is 0 Å². The Morgan fingerprint density at radius 3 is 1.24 bits per heavy atom. The maximum atomic E-state index is 2.45. The van der Waals surface area contributed by atoms with E-state index in [-0.39, 0.29) is 0 Å². The first-order valence-electron chi connectivity index (χ1n) is 10.3. The van der Waals surface area contributed by atoms with Crippen molar-refractivity contribution in [2.75, 3.05) is 0 Å². The van der Waals surface area contributed by atoms with Gasteiger partial charge in [0.2, 0.25) is 0 Å². The van der Waals surface area contributed by atoms with Crippen LogP contribution in [-0.4, -0.2) is 5.25 Å². The van der Waals surface area contributed by atoms with Crippen LogP contribution in [-0.2, 0) is 6.42 Å². The SMILES string of the molecule is CC(CCc1ccccc1)S(c1ccccc1)(c1ccccc1)c1ccccc1. The molecule has 0 saturated carbocycles. The van der Waals surface area contributed by atoms with E-state index in [1.807, 2.05) is 0 Å². The summed E-state index contributed by atoms with van der Waals surface area (Å²) in [6.45, 7) is 2.45. The summed E-state index contributed by atoms with van der Waals surface area (Å²) in [4.78, 5) is 4.33. The van der Waals surface area contributed by atoms with Crippen molar-refractivity contribution < 1.29 is 0 Å². The van der Waals surface area contributed by atoms with Crippen LogP contribution in [0.25, 0.3) is 0 Å². The maximum Gasteiger partial charge on any atom is -0.00163 e. The monoisotopic (exact) mass is 396 g/mol. The fraction of sp³-hybridized carbons (Fsp3) is 0.143. The number of aryl methyl sites for hydroxylation is 1. The van der Waals surface area contributed by atoms with E-state index in [1.54, 1.807) is 0 Å². The third-order valence-electron chi connectivity index (χ3n) is 5.63. The van der Waals surface area contributed by atoms with Crippen LogP contribution in [0.4, 0.5) is 0 Å². The number of rotatable bonds is 7. The van der Waals surface area contributed by atoms with Gasteiger partial charge in [-0.15, -0.1) is 0 Å². The summed E-state index contributed by atoms with van der Waals surface area (Å²) in [5.74, 6) is 0. The second kappa shape index (κ2) is 9.15. The fourth-order valence-corrected chi connectivity index (χ4v) is 8.64. The predicted molar refractivity (Wildman–Crippen MR) is 126 cm³/mol. The minimum absolute atomic E-state index is 0.509. The third-order valence-corrected chi connectivity index (χ3v) is 10.1. The topological polar surface area (TPSA) is 0 Å². The van der Waals surface area contributed by atoms with E-state index < -0.39 is 10.0 Å². The molecule has 0 spiro atoms. The van der Waals surface area contributed by atoms with Crippen molar-refractivity contribution in [3.8, 4) is 0 Å². The molecule has 1 atom stereocenters. The van der Waals surface area contributed by atoms with Gasteiger partial charge in [-0.25, -0.2) is 0 Å². The van der Waals surface area contributed by atoms with Gasteiger partial charge < -0.3 is 0 Å². The molecule has 1 heteroatoms. The predicted octanol–water partition coefficient (Wildman–Crippen LogP) is 7.99. The van der Waals surface area contributed by atoms with Crippen LogP contribution in [0.2, 0.25) is 0 Å². The standard InChI is InChI=1S/C28H28S/c1-24(22-23-25-14-6-2-7-15-25)29(26-16-8-3-9-17-26,27-18-10-4-11-19-27)28-20-12-5-13-21-28/h2-21,24H,22-23H2,1H3. The molecule has 0 radical (unpaired) electrons. The lowest BCUT2D eigenvalue weighted by Crippen LogP contribution is -2.18. The molecule has 0 N–H and O–H groups in total. The number of hydrogen-bond acceptors (Lipinski definition) is 0. The molecular weight excluding hydrogens is 368 g/mol. The Morgan fingerprint density at radius 2 is 0.862 bits per heavy atom. The van der Waals surface area contributed by atoms with Gasteiger partial charge in [-0.05, 0) is 74.7 Å². The van der Waals surface area contributed by atoms with Crippen LogP contribution in [0, 0.1) is 0 Å². The fourth-order valence-electron chi connectivity index (χ4n) is 4.20. The van der Waals surface area contributed by atoms with E-state index in [4.69, 9.17) is 0 Å². The molecule has 0 fully saturated rings. The summed E-state index contributed by atoms with van der Waals surface area (Å²) >= 11 is 0. The Balaban J connectivity index is 1.85. The minimum Gasteiger partial charge on any atom is -0.158 e. The summed E-state index contributed by atoms with van der Waals surface area (Å²) in [7, 11) is -1.38. The van der Waals surface area contributed by atoms with Crippen molar-refractivity contribution in [1.82, 2.24) is 0 Å². The van der Waals surface area contributed by atoms with Gasteiger partial charge >= 0.3 is 0 Å². The first-order chi connectivity index (χ1) is 14.3. The van der Waals surface area contributed by atoms with Crippen molar-refractivity contribution >= 4 is 10.0 Å². The molecule has 0 aromatic heterocycles. The van der Waals surface area contributed by atoms with E-state index in [1.165, 1.54) is 20.2 Å². The molecule has 4 aromatic rings. The summed E-state index contributed by atoms with van der Waals surface area (Å²) in [6.07, 6.45) is 2.25. The molecule has 4 aromatic carbocycles. The smallest absolute Gasteiger partial charge is 0.00163 e. The molecule has 0 heterocycles. The summed E-state index contributed by atoms with van der Waals surface area (Å²) in [5.41, 5.74) is 1.42. The molecule has 4 rings (SSSR count). The van der Waals surface area contributed by atoms with Crippen molar-refractivity contribution in [3.63, 3.8) is 0 Å². The Bertz CT molecular complexity index is 898. The zero-order chi connectivity index (χ0) is 19.9. The molecule has 0 nitrogen and oxygen atoms in total. The minimum atomic E-state index is -1.38. The summed E-state index contributed by atoms with van der Waals surface area (Å²) in [6, 6.07) is 44.3. The molecule has 0 bridgehead atoms. The normalized spacial score (nSPS) is 13.0. The summed E-state index contributed by atoms with van der Waals surface area (Å²) < 4.78 is 0. The van der Waals surface area contributed by atoms with E-state index in [0.29, 0.717) is 5.25 Å². The molecule has 1 unspecified atom stereocenters. The highest BCUT2D eigenvalue weighted by atomic mass is 32.3. The Labute approximate surface area is 176 Å². The molecule has 0 aliphatic heterocycles. The molecule has 0 saturated heterocycles. The molecular formula is C28H28S. The highest BCUT2D eigenvalue weighted by Gasteiger charge is 2.35. The van der Waals surface area contributed by atoms with E-state index in [9.17, 15) is 0 Å². The van der Waals surface area contributed by atoms with E-state index in [0.717, 1.165) is 12.8 Å². The lowest BCUT2D eigenvalue weighted by Gasteiger charge is -2.46. The maximum absolute atomic E-state index is 2.45. The first-order valence-corrected chi connectivity index (χ1v) is 12.0. The van der Waals surface area contributed by atoms with Crippen molar-refractivity contribution in [2.45, 2.75) is 39.7 Å². The molecule has 0 aliphatic rings. The van der Waals surface area contributed by atoms with Gasteiger partial charge in [-0.3, -0.25) is 0 Å². The van der Waals surface area contributed by atoms with Crippen molar-refractivity contribution in [2.24, 2.45) is 0 Å². The van der Waals surface area contributed by atoms with Crippen molar-refractivity contribution in [3.05, 3.63) is 127 Å². The molecule has 0 amide bonds. The van der Waals surface area contributed by atoms with Gasteiger partial charge in [-0.1, -0.05) is 91.9 Å². The third kappa shape index (κ3) is 4.02. The van der Waals surface area contributed by atoms with Crippen LogP contribution >= 0.6 is 10.0 Å². The zero-order valence-corrected chi connectivity index (χ0v) is 17.8. The Kier molecular flexibility index (Phi) is 6.17. The van der Waals surface area contributed by atoms with Gasteiger partial charge in [-0.2, -0.15) is 10.0 Å². The highest BCUT2D eigenvalue weighted by molar-refractivity contribution is 8.34. The molecule has 29 heavy (non-hydrogen) atoms. The van der Waals surface area contributed by atoms with Gasteiger partial charge in [0.15, 0.2) is 0 Å². The van der Waals surface area contributed by atoms with E-state index >= 15 is 0 Å². The lowest BCUT2D eigenvalue weighted by atomic mass is 10.1. The zero-order valence-electron chi connectivity index (χ0n) is 16.9.